The molecular formula is C19H20FNO2. The number of hydrogen-bond donors (Lipinski definition) is 1. The van der Waals surface area contributed by atoms with E-state index in [9.17, 15) is 9.18 Å². The fourth-order valence-corrected chi connectivity index (χ4v) is 3.27. The zero-order valence-electron chi connectivity index (χ0n) is 13.3. The SMILES string of the molecule is CC1(C)CCc2cc(-c3cccc(F)c3)ccc2C1OC(N)=O. The number of rotatable bonds is 2. The van der Waals surface area contributed by atoms with Crippen LogP contribution in [-0.4, -0.2) is 6.09 Å². The van der Waals surface area contributed by atoms with Crippen molar-refractivity contribution in [2.45, 2.75) is 32.8 Å². The molecule has 0 aromatic heterocycles. The number of carbonyl (C=O) groups is 1. The molecule has 0 radical (unpaired) electrons. The van der Waals surface area contributed by atoms with Crippen LogP contribution >= 0.6 is 0 Å². The average molecular weight is 313 g/mol. The van der Waals surface area contributed by atoms with E-state index in [4.69, 9.17) is 10.5 Å². The predicted molar refractivity (Wildman–Crippen MR) is 87.3 cm³/mol. The minimum Gasteiger partial charge on any atom is -0.441 e. The molecule has 3 rings (SSSR count). The van der Waals surface area contributed by atoms with Gasteiger partial charge in [-0.25, -0.2) is 9.18 Å². The van der Waals surface area contributed by atoms with Crippen LogP contribution < -0.4 is 5.73 Å². The zero-order valence-corrected chi connectivity index (χ0v) is 13.3. The molecule has 0 aliphatic heterocycles. The minimum atomic E-state index is -0.759. The van der Waals surface area contributed by atoms with Crippen LogP contribution in [0.15, 0.2) is 42.5 Å². The van der Waals surface area contributed by atoms with Gasteiger partial charge in [0.25, 0.3) is 0 Å². The molecule has 0 heterocycles. The number of hydrogen-bond acceptors (Lipinski definition) is 2. The first-order valence-electron chi connectivity index (χ1n) is 7.72. The third-order valence-corrected chi connectivity index (χ3v) is 4.57. The lowest BCUT2D eigenvalue weighted by Gasteiger charge is -2.39. The lowest BCUT2D eigenvalue weighted by Crippen LogP contribution is -2.33. The molecule has 0 spiro atoms. The number of halogens is 1. The third kappa shape index (κ3) is 3.07. The summed E-state index contributed by atoms with van der Waals surface area (Å²) in [6, 6.07) is 12.5. The van der Waals surface area contributed by atoms with E-state index in [1.54, 1.807) is 6.07 Å². The maximum Gasteiger partial charge on any atom is 0.405 e. The summed E-state index contributed by atoms with van der Waals surface area (Å²) in [6.45, 7) is 4.15. The van der Waals surface area contributed by atoms with Gasteiger partial charge in [-0.2, -0.15) is 0 Å². The fraction of sp³-hybridized carbons (Fsp3) is 0.316. The number of benzene rings is 2. The van der Waals surface area contributed by atoms with Crippen LogP contribution in [0.2, 0.25) is 0 Å². The standard InChI is InChI=1S/C19H20FNO2/c1-19(2)9-8-14-10-13(12-4-3-5-15(20)11-12)6-7-16(14)17(19)23-18(21)22/h3-7,10-11,17H,8-9H2,1-2H3,(H2,21,22). The molecule has 4 heteroatoms. The predicted octanol–water partition coefficient (Wildman–Crippen LogP) is 4.60. The first kappa shape index (κ1) is 15.5. The van der Waals surface area contributed by atoms with Crippen LogP contribution in [-0.2, 0) is 11.2 Å². The molecule has 2 N–H and O–H groups in total. The largest absolute Gasteiger partial charge is 0.441 e. The van der Waals surface area contributed by atoms with Crippen molar-refractivity contribution in [1.82, 2.24) is 0 Å². The number of amides is 1. The number of aryl methyl sites for hydroxylation is 1. The van der Waals surface area contributed by atoms with Crippen molar-refractivity contribution in [3.63, 3.8) is 0 Å². The van der Waals surface area contributed by atoms with Crippen molar-refractivity contribution in [2.75, 3.05) is 0 Å². The van der Waals surface area contributed by atoms with Gasteiger partial charge in [-0.1, -0.05) is 44.2 Å². The molecule has 0 fully saturated rings. The van der Waals surface area contributed by atoms with Crippen LogP contribution in [0.4, 0.5) is 9.18 Å². The van der Waals surface area contributed by atoms with E-state index in [1.165, 1.54) is 12.1 Å². The van der Waals surface area contributed by atoms with Gasteiger partial charge in [-0.3, -0.25) is 0 Å². The van der Waals surface area contributed by atoms with Crippen LogP contribution in [0.25, 0.3) is 11.1 Å². The van der Waals surface area contributed by atoms with Crippen LogP contribution in [0.3, 0.4) is 0 Å². The summed E-state index contributed by atoms with van der Waals surface area (Å²) in [5, 5.41) is 0. The summed E-state index contributed by atoms with van der Waals surface area (Å²) >= 11 is 0. The van der Waals surface area contributed by atoms with Crippen LogP contribution in [0.5, 0.6) is 0 Å². The van der Waals surface area contributed by atoms with Crippen LogP contribution in [0, 0.1) is 11.2 Å². The molecule has 2 aromatic carbocycles. The van der Waals surface area contributed by atoms with Gasteiger partial charge in [0.1, 0.15) is 11.9 Å². The summed E-state index contributed by atoms with van der Waals surface area (Å²) < 4.78 is 18.8. The summed E-state index contributed by atoms with van der Waals surface area (Å²) in [5.74, 6) is -0.253. The van der Waals surface area contributed by atoms with Gasteiger partial charge in [0.05, 0.1) is 0 Å². The number of carbonyl (C=O) groups excluding carboxylic acids is 1. The minimum absolute atomic E-state index is 0.164. The highest BCUT2D eigenvalue weighted by Gasteiger charge is 2.38. The topological polar surface area (TPSA) is 52.3 Å². The number of ether oxygens (including phenoxy) is 1. The lowest BCUT2D eigenvalue weighted by molar-refractivity contribution is 0.0147. The van der Waals surface area contributed by atoms with E-state index in [0.717, 1.165) is 35.1 Å². The maximum absolute atomic E-state index is 13.4. The van der Waals surface area contributed by atoms with Crippen molar-refractivity contribution in [1.29, 1.82) is 0 Å². The first-order chi connectivity index (χ1) is 10.9. The Morgan fingerprint density at radius 2 is 1.96 bits per heavy atom. The maximum atomic E-state index is 13.4. The second-order valence-electron chi connectivity index (χ2n) is 6.73. The second kappa shape index (κ2) is 5.69. The molecule has 0 saturated heterocycles. The van der Waals surface area contributed by atoms with Crippen molar-refractivity contribution in [3.05, 3.63) is 59.4 Å². The smallest absolute Gasteiger partial charge is 0.405 e. The number of fused-ring (bicyclic) bond motifs is 1. The molecule has 1 aliphatic carbocycles. The van der Waals surface area contributed by atoms with Crippen molar-refractivity contribution >= 4 is 6.09 Å². The van der Waals surface area contributed by atoms with E-state index in [0.29, 0.717) is 0 Å². The number of nitrogens with two attached hydrogens (primary N) is 1. The highest BCUT2D eigenvalue weighted by Crippen LogP contribution is 2.46. The molecule has 1 unspecified atom stereocenters. The van der Waals surface area contributed by atoms with Gasteiger partial charge >= 0.3 is 6.09 Å². The van der Waals surface area contributed by atoms with Crippen LogP contribution in [0.1, 0.15) is 37.5 Å². The lowest BCUT2D eigenvalue weighted by atomic mass is 9.71. The van der Waals surface area contributed by atoms with Gasteiger partial charge in [0.2, 0.25) is 0 Å². The summed E-state index contributed by atoms with van der Waals surface area (Å²) in [4.78, 5) is 11.2. The Morgan fingerprint density at radius 1 is 1.22 bits per heavy atom. The Kier molecular flexibility index (Phi) is 3.84. The van der Waals surface area contributed by atoms with Gasteiger partial charge in [-0.05, 0) is 47.2 Å². The molecule has 120 valence electrons. The Balaban J connectivity index is 2.02. The molecule has 0 saturated carbocycles. The van der Waals surface area contributed by atoms with Gasteiger partial charge in [0.15, 0.2) is 0 Å². The average Bonchev–Trinajstić information content (AvgIpc) is 2.49. The first-order valence-corrected chi connectivity index (χ1v) is 7.72. The highest BCUT2D eigenvalue weighted by molar-refractivity contribution is 5.67. The van der Waals surface area contributed by atoms with Crippen molar-refractivity contribution < 1.29 is 13.9 Å². The fourth-order valence-electron chi connectivity index (χ4n) is 3.27. The molecule has 1 aliphatic rings. The van der Waals surface area contributed by atoms with Crippen molar-refractivity contribution in [3.8, 4) is 11.1 Å². The quantitative estimate of drug-likeness (QED) is 0.880. The molecule has 0 bridgehead atoms. The molecule has 23 heavy (non-hydrogen) atoms. The van der Waals surface area contributed by atoms with E-state index >= 15 is 0 Å². The van der Waals surface area contributed by atoms with E-state index in [1.807, 2.05) is 18.2 Å². The Labute approximate surface area is 135 Å². The van der Waals surface area contributed by atoms with Gasteiger partial charge in [-0.15, -0.1) is 0 Å². The normalized spacial score (nSPS) is 19.0. The van der Waals surface area contributed by atoms with E-state index < -0.39 is 6.09 Å². The van der Waals surface area contributed by atoms with Crippen molar-refractivity contribution in [2.24, 2.45) is 11.1 Å². The molecule has 1 atom stereocenters. The Hall–Kier alpha value is -2.36. The highest BCUT2D eigenvalue weighted by atomic mass is 19.1. The van der Waals surface area contributed by atoms with E-state index in [2.05, 4.69) is 19.9 Å². The summed E-state index contributed by atoms with van der Waals surface area (Å²) in [6.07, 6.45) is 0.671. The summed E-state index contributed by atoms with van der Waals surface area (Å²) in [5.41, 5.74) is 8.98. The molecule has 1 amide bonds. The monoisotopic (exact) mass is 313 g/mol. The van der Waals surface area contributed by atoms with Gasteiger partial charge in [0, 0.05) is 5.41 Å². The molecular weight excluding hydrogens is 293 g/mol. The van der Waals surface area contributed by atoms with E-state index in [-0.39, 0.29) is 17.3 Å². The molecule has 2 aromatic rings. The third-order valence-electron chi connectivity index (χ3n) is 4.57. The molecule has 3 nitrogen and oxygen atoms in total. The Bertz CT molecular complexity index is 755. The number of primary amides is 1. The van der Waals surface area contributed by atoms with Gasteiger partial charge < -0.3 is 10.5 Å². The second-order valence-corrected chi connectivity index (χ2v) is 6.73. The zero-order chi connectivity index (χ0) is 16.6. The Morgan fingerprint density at radius 3 is 2.65 bits per heavy atom. The summed E-state index contributed by atoms with van der Waals surface area (Å²) in [7, 11) is 0.